The molecule has 0 aromatic carbocycles. The second-order valence-electron chi connectivity index (χ2n) is 9.37. The number of rotatable bonds is 23. The third kappa shape index (κ3) is 19.0. The Kier molecular flexibility index (Phi) is 20.5. The predicted octanol–water partition coefficient (Wildman–Crippen LogP) is 10.6. The lowest BCUT2D eigenvalue weighted by atomic mass is 10.0. The average molecular weight is 416 g/mol. The van der Waals surface area contributed by atoms with Gasteiger partial charge in [-0.15, -0.1) is 0 Å². The molecular weight excluding hydrogens is 362 g/mol. The summed E-state index contributed by atoms with van der Waals surface area (Å²) < 4.78 is 2.12. The Hall–Kier alpha value is -0.980. The molecule has 0 aliphatic heterocycles. The summed E-state index contributed by atoms with van der Waals surface area (Å²) in [7, 11) is 0. The van der Waals surface area contributed by atoms with Gasteiger partial charge >= 0.3 is 0 Å². The second kappa shape index (κ2) is 22.7. The molecule has 0 spiro atoms. The highest BCUT2D eigenvalue weighted by molar-refractivity contribution is 5.22. The van der Waals surface area contributed by atoms with Gasteiger partial charge in [-0.1, -0.05) is 141 Å². The smallest absolute Gasteiger partial charge is 0.00823 e. The fourth-order valence-electron chi connectivity index (χ4n) is 4.34. The van der Waals surface area contributed by atoms with Crippen LogP contribution in [0.3, 0.4) is 0 Å². The van der Waals surface area contributed by atoms with Gasteiger partial charge in [0, 0.05) is 18.6 Å². The highest BCUT2D eigenvalue weighted by atomic mass is 14.9. The highest BCUT2D eigenvalue weighted by Crippen LogP contribution is 2.15. The number of hydrogen-bond acceptors (Lipinski definition) is 0. The van der Waals surface area contributed by atoms with Crippen molar-refractivity contribution in [2.24, 2.45) is 0 Å². The van der Waals surface area contributed by atoms with Crippen molar-refractivity contribution in [3.05, 3.63) is 30.6 Å². The van der Waals surface area contributed by atoms with Crippen molar-refractivity contribution in [2.75, 3.05) is 0 Å². The van der Waals surface area contributed by atoms with Gasteiger partial charge in [0.05, 0.1) is 0 Å². The Bertz CT molecular complexity index is 445. The molecule has 0 fully saturated rings. The van der Waals surface area contributed by atoms with Gasteiger partial charge in [-0.2, -0.15) is 0 Å². The van der Waals surface area contributed by atoms with Crippen LogP contribution in [-0.2, 0) is 0 Å². The number of hydrogen-bond donors (Lipinski definition) is 0. The van der Waals surface area contributed by atoms with Gasteiger partial charge in [0.15, 0.2) is 0 Å². The van der Waals surface area contributed by atoms with Crippen molar-refractivity contribution in [1.29, 1.82) is 0 Å². The molecule has 1 rings (SSSR count). The highest BCUT2D eigenvalue weighted by Gasteiger charge is 1.95. The fourth-order valence-corrected chi connectivity index (χ4v) is 4.34. The lowest BCUT2D eigenvalue weighted by molar-refractivity contribution is 0.520. The van der Waals surface area contributed by atoms with Crippen molar-refractivity contribution < 1.29 is 0 Å². The number of nitrogens with zero attached hydrogens (tertiary/aromatic N) is 1. The molecule has 0 aliphatic carbocycles. The molecule has 0 saturated heterocycles. The van der Waals surface area contributed by atoms with E-state index in [4.69, 9.17) is 0 Å². The van der Waals surface area contributed by atoms with Crippen molar-refractivity contribution in [3.63, 3.8) is 0 Å². The Morgan fingerprint density at radius 1 is 0.467 bits per heavy atom. The van der Waals surface area contributed by atoms with Crippen LogP contribution in [0.1, 0.15) is 148 Å². The molecule has 1 aromatic heterocycles. The van der Waals surface area contributed by atoms with Crippen molar-refractivity contribution in [3.8, 4) is 0 Å². The summed E-state index contributed by atoms with van der Waals surface area (Å²) in [6.45, 7) is 2.30. The van der Waals surface area contributed by atoms with Gasteiger partial charge in [0.2, 0.25) is 0 Å². The SMILES string of the molecule is CCCCCCCCCCCCCCCCCCCCCCCC=Cn1cccc1. The average Bonchev–Trinajstić information content (AvgIpc) is 3.28. The molecule has 1 aromatic rings. The monoisotopic (exact) mass is 415 g/mol. The zero-order chi connectivity index (χ0) is 21.4. The van der Waals surface area contributed by atoms with E-state index in [0.717, 1.165) is 0 Å². The first-order valence-corrected chi connectivity index (χ1v) is 13.7. The van der Waals surface area contributed by atoms with Gasteiger partial charge in [-0.05, 0) is 25.0 Å². The molecule has 0 aliphatic rings. The third-order valence-electron chi connectivity index (χ3n) is 6.38. The van der Waals surface area contributed by atoms with E-state index in [1.54, 1.807) is 0 Å². The van der Waals surface area contributed by atoms with Crippen LogP contribution in [0, 0.1) is 0 Å². The minimum absolute atomic E-state index is 1.22. The molecule has 0 unspecified atom stereocenters. The quantitative estimate of drug-likeness (QED) is 0.157. The van der Waals surface area contributed by atoms with E-state index in [9.17, 15) is 0 Å². The molecule has 0 N–H and O–H groups in total. The van der Waals surface area contributed by atoms with Gasteiger partial charge in [-0.25, -0.2) is 0 Å². The van der Waals surface area contributed by atoms with Gasteiger partial charge < -0.3 is 4.57 Å². The second-order valence-corrected chi connectivity index (χ2v) is 9.37. The van der Waals surface area contributed by atoms with Crippen molar-refractivity contribution in [2.45, 2.75) is 148 Å². The van der Waals surface area contributed by atoms with Crippen LogP contribution in [0.15, 0.2) is 30.6 Å². The topological polar surface area (TPSA) is 4.93 Å². The molecule has 174 valence electrons. The molecule has 30 heavy (non-hydrogen) atoms. The molecule has 0 bridgehead atoms. The van der Waals surface area contributed by atoms with Crippen LogP contribution in [0.5, 0.6) is 0 Å². The Morgan fingerprint density at radius 3 is 1.17 bits per heavy atom. The maximum Gasteiger partial charge on any atom is 0.00823 e. The standard InChI is InChI=1S/C29H53N/c1-2-3-4-5-6-7-8-9-10-11-12-13-14-15-16-17-18-19-20-21-22-23-24-27-30-28-25-26-29-30/h24-29H,2-23H2,1H3. The molecular formula is C29H53N. The molecule has 0 saturated carbocycles. The summed E-state index contributed by atoms with van der Waals surface area (Å²) in [4.78, 5) is 0. The summed E-state index contributed by atoms with van der Waals surface area (Å²) >= 11 is 0. The number of allylic oxidation sites excluding steroid dienone is 1. The Balaban J connectivity index is 1.65. The van der Waals surface area contributed by atoms with Crippen molar-refractivity contribution >= 4 is 6.20 Å². The molecule has 0 amide bonds. The van der Waals surface area contributed by atoms with Crippen LogP contribution in [0.2, 0.25) is 0 Å². The first-order chi connectivity index (χ1) is 14.9. The van der Waals surface area contributed by atoms with Gasteiger partial charge in [0.25, 0.3) is 0 Å². The molecule has 0 atom stereocenters. The molecule has 1 nitrogen and oxygen atoms in total. The Labute approximate surface area is 189 Å². The van der Waals surface area contributed by atoms with Crippen LogP contribution in [-0.4, -0.2) is 4.57 Å². The number of unbranched alkanes of at least 4 members (excludes halogenated alkanes) is 21. The van der Waals surface area contributed by atoms with E-state index in [1.807, 2.05) is 0 Å². The Morgan fingerprint density at radius 2 is 0.800 bits per heavy atom. The van der Waals surface area contributed by atoms with E-state index in [1.165, 1.54) is 141 Å². The fraction of sp³-hybridized carbons (Fsp3) is 0.793. The lowest BCUT2D eigenvalue weighted by Crippen LogP contribution is -1.84. The number of aromatic nitrogens is 1. The van der Waals surface area contributed by atoms with Crippen LogP contribution >= 0.6 is 0 Å². The maximum absolute atomic E-state index is 2.30. The maximum atomic E-state index is 2.30. The lowest BCUT2D eigenvalue weighted by Gasteiger charge is -2.04. The summed E-state index contributed by atoms with van der Waals surface area (Å²) in [5.74, 6) is 0. The van der Waals surface area contributed by atoms with E-state index < -0.39 is 0 Å². The minimum Gasteiger partial charge on any atom is -0.331 e. The summed E-state index contributed by atoms with van der Waals surface area (Å²) in [5.41, 5.74) is 0. The largest absolute Gasteiger partial charge is 0.331 e. The zero-order valence-electron chi connectivity index (χ0n) is 20.5. The van der Waals surface area contributed by atoms with Gasteiger partial charge in [-0.3, -0.25) is 0 Å². The van der Waals surface area contributed by atoms with Gasteiger partial charge in [0.1, 0.15) is 0 Å². The van der Waals surface area contributed by atoms with Crippen molar-refractivity contribution in [1.82, 2.24) is 4.57 Å². The predicted molar refractivity (Wildman–Crippen MR) is 137 cm³/mol. The first kappa shape index (κ1) is 27.1. The normalized spacial score (nSPS) is 11.6. The minimum atomic E-state index is 1.22. The molecule has 1 heterocycles. The molecule has 1 heteroatoms. The summed E-state index contributed by atoms with van der Waals surface area (Å²) in [6.07, 6.45) is 40.4. The molecule has 0 radical (unpaired) electrons. The van der Waals surface area contributed by atoms with E-state index in [0.29, 0.717) is 0 Å². The first-order valence-electron chi connectivity index (χ1n) is 13.7. The summed E-state index contributed by atoms with van der Waals surface area (Å²) in [6, 6.07) is 4.14. The van der Waals surface area contributed by atoms with E-state index in [2.05, 4.69) is 48.3 Å². The van der Waals surface area contributed by atoms with E-state index in [-0.39, 0.29) is 0 Å². The van der Waals surface area contributed by atoms with E-state index >= 15 is 0 Å². The zero-order valence-corrected chi connectivity index (χ0v) is 20.5. The summed E-state index contributed by atoms with van der Waals surface area (Å²) in [5, 5.41) is 0. The van der Waals surface area contributed by atoms with Crippen LogP contribution < -0.4 is 0 Å². The van der Waals surface area contributed by atoms with Crippen LogP contribution in [0.25, 0.3) is 6.20 Å². The van der Waals surface area contributed by atoms with Crippen LogP contribution in [0.4, 0.5) is 0 Å². The third-order valence-corrected chi connectivity index (χ3v) is 6.38.